The Labute approximate surface area is 521 Å². The van der Waals surface area contributed by atoms with Crippen LogP contribution in [0.3, 0.4) is 0 Å². The third kappa shape index (κ3) is 16.5. The van der Waals surface area contributed by atoms with Crippen molar-refractivity contribution in [2.24, 2.45) is 11.3 Å². The molecular formula is C63H92N10O11S2Si. The molecule has 6 heterocycles. The highest BCUT2D eigenvalue weighted by Gasteiger charge is 2.42. The first-order chi connectivity index (χ1) is 41.1. The molecule has 0 bridgehead atoms. The van der Waals surface area contributed by atoms with Gasteiger partial charge in [-0.1, -0.05) is 53.4 Å². The molecule has 1 aromatic carbocycles. The minimum absolute atomic E-state index is 0.0518. The number of nitrogens with zero attached hydrogens (tertiary/aromatic N) is 8. The summed E-state index contributed by atoms with van der Waals surface area (Å²) in [4.78, 5) is 91.1. The molecule has 3 fully saturated rings. The lowest BCUT2D eigenvalue weighted by Gasteiger charge is -2.36. The van der Waals surface area contributed by atoms with E-state index in [-0.39, 0.29) is 43.4 Å². The van der Waals surface area contributed by atoms with Crippen LogP contribution in [0.15, 0.2) is 41.2 Å². The van der Waals surface area contributed by atoms with E-state index in [0.717, 1.165) is 88.2 Å². The lowest BCUT2D eigenvalue weighted by Crippen LogP contribution is -2.61. The minimum Gasteiger partial charge on any atom is -0.468 e. The molecule has 0 radical (unpaired) electrons. The van der Waals surface area contributed by atoms with Gasteiger partial charge in [0.05, 0.1) is 61.1 Å². The number of alkyl carbamates (subject to hydrolysis) is 1. The summed E-state index contributed by atoms with van der Waals surface area (Å²) in [5.74, 6) is -2.39. The van der Waals surface area contributed by atoms with Gasteiger partial charge in [0, 0.05) is 107 Å². The van der Waals surface area contributed by atoms with Crippen LogP contribution < -0.4 is 15.6 Å². The van der Waals surface area contributed by atoms with Crippen molar-refractivity contribution in [3.05, 3.63) is 68.2 Å². The van der Waals surface area contributed by atoms with Crippen LogP contribution in [0.1, 0.15) is 132 Å². The van der Waals surface area contributed by atoms with E-state index in [2.05, 4.69) is 88.7 Å². The van der Waals surface area contributed by atoms with Crippen LogP contribution in [0.25, 0.3) is 33.4 Å². The Bertz CT molecular complexity index is 3230. The van der Waals surface area contributed by atoms with E-state index in [4.69, 9.17) is 33.7 Å². The van der Waals surface area contributed by atoms with Crippen molar-refractivity contribution >= 4 is 77.2 Å². The molecule has 1 saturated carbocycles. The summed E-state index contributed by atoms with van der Waals surface area (Å²) >= 11 is 2.33. The number of piperazine rings is 1. The molecule has 21 nitrogen and oxygen atoms in total. The summed E-state index contributed by atoms with van der Waals surface area (Å²) < 4.78 is 31.7. The van der Waals surface area contributed by atoms with Gasteiger partial charge < -0.3 is 48.5 Å². The van der Waals surface area contributed by atoms with Crippen LogP contribution in [0, 0.1) is 11.3 Å². The van der Waals surface area contributed by atoms with E-state index in [1.807, 2.05) is 38.4 Å². The predicted octanol–water partition coefficient (Wildman–Crippen LogP) is 9.65. The third-order valence-corrected chi connectivity index (χ3v) is 19.8. The number of ether oxygens (including phenoxy) is 5. The number of carbonyl (C=O) groups excluding carboxylic acids is 5. The van der Waals surface area contributed by atoms with Crippen molar-refractivity contribution in [2.75, 3.05) is 72.1 Å². The average Bonchev–Trinajstić information content (AvgIpc) is 1.63. The number of carbonyl (C=O) groups is 5. The summed E-state index contributed by atoms with van der Waals surface area (Å²) in [6.07, 6.45) is 3.41. The largest absolute Gasteiger partial charge is 0.468 e. The number of amides is 3. The Kier molecular flexibility index (Phi) is 21.8. The van der Waals surface area contributed by atoms with Crippen molar-refractivity contribution in [1.29, 1.82) is 0 Å². The number of pyridine rings is 1. The molecule has 4 aromatic heterocycles. The molecule has 3 aliphatic rings. The summed E-state index contributed by atoms with van der Waals surface area (Å²) in [5.41, 5.74) is 9.12. The monoisotopic (exact) mass is 1260 g/mol. The molecule has 87 heavy (non-hydrogen) atoms. The number of fused-ring (bicyclic) bond motifs is 1. The second-order valence-electron chi connectivity index (χ2n) is 26.6. The van der Waals surface area contributed by atoms with Crippen molar-refractivity contribution < 1.29 is 52.8 Å². The lowest BCUT2D eigenvalue weighted by atomic mass is 9.84. The van der Waals surface area contributed by atoms with Gasteiger partial charge in [0.15, 0.2) is 5.01 Å². The van der Waals surface area contributed by atoms with E-state index < -0.39 is 73.2 Å². The molecule has 8 rings (SSSR count). The minimum atomic E-state index is -1.49. The Morgan fingerprint density at radius 3 is 2.30 bits per heavy atom. The quantitative estimate of drug-likeness (QED) is 0.0280. The van der Waals surface area contributed by atoms with E-state index in [0.29, 0.717) is 48.2 Å². The third-order valence-electron chi connectivity index (χ3n) is 16.3. The van der Waals surface area contributed by atoms with Crippen molar-refractivity contribution in [3.8, 4) is 22.5 Å². The number of aliphatic hydroxyl groups is 1. The number of anilines is 1. The lowest BCUT2D eigenvalue weighted by molar-refractivity contribution is -0.152. The summed E-state index contributed by atoms with van der Waals surface area (Å²) in [6.45, 7) is 28.4. The molecule has 0 spiro atoms. The number of thiazole rings is 2. The smallest absolute Gasteiger partial charge is 0.408 e. The molecule has 24 heteroatoms. The number of likely N-dealkylation sites (N-methyl/N-ethyl adjacent to an activating group) is 1. The van der Waals surface area contributed by atoms with Crippen LogP contribution in [-0.2, 0) is 57.6 Å². The molecule has 3 N–H and O–H groups in total. The van der Waals surface area contributed by atoms with Crippen LogP contribution >= 0.6 is 22.7 Å². The van der Waals surface area contributed by atoms with Gasteiger partial charge in [-0.15, -0.1) is 22.7 Å². The summed E-state index contributed by atoms with van der Waals surface area (Å²) in [5, 5.41) is 20.0. The zero-order valence-electron chi connectivity index (χ0n) is 53.6. The fourth-order valence-electron chi connectivity index (χ4n) is 11.3. The van der Waals surface area contributed by atoms with Gasteiger partial charge in [0.25, 0.3) is 11.8 Å². The number of methoxy groups -OCH3 is 2. The van der Waals surface area contributed by atoms with E-state index in [1.165, 1.54) is 41.2 Å². The molecule has 0 unspecified atom stereocenters. The van der Waals surface area contributed by atoms with Crippen LogP contribution in [0.2, 0.25) is 25.7 Å². The second kappa shape index (κ2) is 28.3. The van der Waals surface area contributed by atoms with Gasteiger partial charge >= 0.3 is 18.0 Å². The Morgan fingerprint density at radius 2 is 1.67 bits per heavy atom. The summed E-state index contributed by atoms with van der Waals surface area (Å²) in [7, 11) is 3.06. The molecule has 2 saturated heterocycles. The predicted molar refractivity (Wildman–Crippen MR) is 341 cm³/mol. The SMILES string of the molecule is CCn1c(-c2cc(N3CCN(C4CC4)CC3)cnc2[C@H](C)OC)c(CC(C)(C)CO)c2cc(-c3csc([C@@H](OCc4csc(C(=O)N(C)[C@H](C(=O)OCC[Si](C)(C)C)C(C)C)n4)[C@H](NC(=O)OC(C)(C)C)C(=O)N4CCC[C@@H](C(=O)OC)N4)n3)ccc21. The average molecular weight is 1260 g/mol. The summed E-state index contributed by atoms with van der Waals surface area (Å²) in [6, 6.07) is 6.84. The molecular weight excluding hydrogens is 1160 g/mol. The van der Waals surface area contributed by atoms with E-state index in [1.54, 1.807) is 40.3 Å². The fraction of sp³-hybridized carbons (Fsp3) is 0.619. The van der Waals surface area contributed by atoms with Crippen molar-refractivity contribution in [1.82, 2.24) is 45.1 Å². The first kappa shape index (κ1) is 67.1. The molecule has 3 amide bonds. The van der Waals surface area contributed by atoms with E-state index in [9.17, 15) is 24.3 Å². The molecule has 2 aliphatic heterocycles. The second-order valence-corrected chi connectivity index (χ2v) is 33.9. The van der Waals surface area contributed by atoms with Gasteiger partial charge in [-0.3, -0.25) is 29.3 Å². The number of hydrogen-bond acceptors (Lipinski definition) is 19. The zero-order valence-corrected chi connectivity index (χ0v) is 56.2. The standard InChI is InChI=1S/C63H92N10O11S2Si/c1-16-72-49-22-19-40(30-44(49)46(32-63(8,9)37-74)53(72)45-31-43(33-64-50(45)39(4)80-11)71-26-24-70(25-27-71)42-20-21-42)48-36-86-55(66-48)54(51(67-61(79)84-62(5,6)7)57(75)73-23-17-18-47(68-73)59(77)81-12)83-34-41-35-85-56(65-41)58(76)69(10)52(38(2)3)60(78)82-28-29-87(13,14)15/h19,22,30-31,33,35-36,38-39,42,47,51-52,54,68,74H,16-18,20-21,23-29,32,34,37H2,1-15H3,(H,67,79)/t39-,47-,51-,52-,54-/m0/s1. The van der Waals surface area contributed by atoms with Crippen molar-refractivity contribution in [2.45, 2.75) is 175 Å². The maximum absolute atomic E-state index is 15.2. The Hall–Kier alpha value is -5.86. The first-order valence-corrected chi connectivity index (χ1v) is 36.0. The van der Waals surface area contributed by atoms with Gasteiger partial charge in [-0.05, 0) is 108 Å². The molecule has 476 valence electrons. The number of aryl methyl sites for hydroxylation is 1. The number of aromatic nitrogens is 4. The normalized spacial score (nSPS) is 17.7. The van der Waals surface area contributed by atoms with Crippen LogP contribution in [0.4, 0.5) is 10.5 Å². The number of benzene rings is 1. The first-order valence-electron chi connectivity index (χ1n) is 30.5. The fourth-order valence-corrected chi connectivity index (χ4v) is 13.7. The molecule has 5 aromatic rings. The molecule has 5 atom stereocenters. The molecule has 1 aliphatic carbocycles. The number of hydrazine groups is 1. The zero-order chi connectivity index (χ0) is 63.3. The highest BCUT2D eigenvalue weighted by atomic mass is 32.1. The van der Waals surface area contributed by atoms with Gasteiger partial charge in [0.2, 0.25) is 0 Å². The van der Waals surface area contributed by atoms with E-state index >= 15 is 4.79 Å². The number of esters is 2. The number of aliphatic hydroxyl groups excluding tert-OH is 1. The number of nitrogens with one attached hydrogen (secondary N) is 2. The maximum Gasteiger partial charge on any atom is 0.408 e. The maximum atomic E-state index is 15.2. The van der Waals surface area contributed by atoms with Crippen molar-refractivity contribution in [3.63, 3.8) is 0 Å². The van der Waals surface area contributed by atoms with Gasteiger partial charge in [0.1, 0.15) is 34.8 Å². The van der Waals surface area contributed by atoms with Crippen LogP contribution in [0.5, 0.6) is 0 Å². The number of hydrogen-bond donors (Lipinski definition) is 3. The highest BCUT2D eigenvalue weighted by Crippen LogP contribution is 2.44. The topological polar surface area (TPSA) is 232 Å². The van der Waals surface area contributed by atoms with Crippen LogP contribution in [-0.4, -0.2) is 174 Å². The van der Waals surface area contributed by atoms with Gasteiger partial charge in [-0.25, -0.2) is 25.0 Å². The van der Waals surface area contributed by atoms with Gasteiger partial charge in [-0.2, -0.15) is 0 Å². The number of rotatable bonds is 25. The Morgan fingerprint density at radius 1 is 0.943 bits per heavy atom. The highest BCUT2D eigenvalue weighted by molar-refractivity contribution is 7.11. The Balaban J connectivity index is 1.19.